The molecule has 2 aromatic rings. The average molecular weight is 276 g/mol. The van der Waals surface area contributed by atoms with E-state index in [0.717, 1.165) is 6.42 Å². The monoisotopic (exact) mass is 276 g/mol. The number of nitrogens with zero attached hydrogens (tertiary/aromatic N) is 1. The zero-order valence-electron chi connectivity index (χ0n) is 12.5. The summed E-state index contributed by atoms with van der Waals surface area (Å²) < 4.78 is 1.38. The van der Waals surface area contributed by atoms with Gasteiger partial charge in [0.2, 0.25) is 0 Å². The second-order valence-electron chi connectivity index (χ2n) is 5.85. The normalized spacial score (nSPS) is 14.2. The van der Waals surface area contributed by atoms with Crippen LogP contribution in [0.4, 0.5) is 0 Å². The standard InChI is InChI=1S/C16H24N2S/c1-16(2,18(4)5)15(17-3)10-12-11-19-14-9-7-6-8-13(12)14/h6-9,11,15,17H,10H2,1-5H3. The Morgan fingerprint density at radius 3 is 2.58 bits per heavy atom. The van der Waals surface area contributed by atoms with Crippen molar-refractivity contribution >= 4 is 21.4 Å². The molecule has 1 atom stereocenters. The van der Waals surface area contributed by atoms with Crippen molar-refractivity contribution in [2.45, 2.75) is 31.8 Å². The molecule has 1 heterocycles. The Bertz CT molecular complexity index is 542. The van der Waals surface area contributed by atoms with Crippen molar-refractivity contribution in [1.29, 1.82) is 0 Å². The molecule has 0 bridgehead atoms. The van der Waals surface area contributed by atoms with E-state index in [1.807, 2.05) is 11.3 Å². The van der Waals surface area contributed by atoms with E-state index in [0.29, 0.717) is 6.04 Å². The van der Waals surface area contributed by atoms with Gasteiger partial charge >= 0.3 is 0 Å². The summed E-state index contributed by atoms with van der Waals surface area (Å²) in [5, 5.41) is 7.20. The molecule has 104 valence electrons. The Hall–Kier alpha value is -0.900. The fraction of sp³-hybridized carbons (Fsp3) is 0.500. The smallest absolute Gasteiger partial charge is 0.0345 e. The molecule has 0 fully saturated rings. The Morgan fingerprint density at radius 1 is 1.26 bits per heavy atom. The molecule has 1 aromatic carbocycles. The molecule has 1 aromatic heterocycles. The quantitative estimate of drug-likeness (QED) is 0.900. The molecule has 2 rings (SSSR count). The van der Waals surface area contributed by atoms with Gasteiger partial charge in [0.25, 0.3) is 0 Å². The third kappa shape index (κ3) is 2.83. The summed E-state index contributed by atoms with van der Waals surface area (Å²) in [7, 11) is 6.36. The molecule has 0 saturated carbocycles. The summed E-state index contributed by atoms with van der Waals surface area (Å²) in [5.41, 5.74) is 1.58. The second kappa shape index (κ2) is 5.61. The number of likely N-dealkylation sites (N-methyl/N-ethyl adjacent to an activating group) is 2. The summed E-state index contributed by atoms with van der Waals surface area (Å²) in [4.78, 5) is 2.29. The number of fused-ring (bicyclic) bond motifs is 1. The Balaban J connectivity index is 2.28. The van der Waals surface area contributed by atoms with Crippen molar-refractivity contribution in [2.75, 3.05) is 21.1 Å². The first kappa shape index (κ1) is 14.5. The maximum absolute atomic E-state index is 3.49. The van der Waals surface area contributed by atoms with Crippen LogP contribution >= 0.6 is 11.3 Å². The zero-order valence-corrected chi connectivity index (χ0v) is 13.3. The van der Waals surface area contributed by atoms with Gasteiger partial charge in [0, 0.05) is 16.3 Å². The van der Waals surface area contributed by atoms with Gasteiger partial charge in [-0.25, -0.2) is 0 Å². The molecule has 0 radical (unpaired) electrons. The number of nitrogens with one attached hydrogen (secondary N) is 1. The van der Waals surface area contributed by atoms with E-state index >= 15 is 0 Å². The highest BCUT2D eigenvalue weighted by atomic mass is 32.1. The maximum Gasteiger partial charge on any atom is 0.0345 e. The number of thiophene rings is 1. The summed E-state index contributed by atoms with van der Waals surface area (Å²) in [6, 6.07) is 9.11. The third-order valence-electron chi connectivity index (χ3n) is 4.34. The molecule has 19 heavy (non-hydrogen) atoms. The molecular weight excluding hydrogens is 252 g/mol. The van der Waals surface area contributed by atoms with Crippen molar-refractivity contribution in [3.05, 3.63) is 35.2 Å². The average Bonchev–Trinajstić information content (AvgIpc) is 2.78. The van der Waals surface area contributed by atoms with Gasteiger partial charge in [0.1, 0.15) is 0 Å². The van der Waals surface area contributed by atoms with Crippen molar-refractivity contribution in [2.24, 2.45) is 0 Å². The highest BCUT2D eigenvalue weighted by Crippen LogP contribution is 2.29. The molecule has 0 aliphatic carbocycles. The van der Waals surface area contributed by atoms with Crippen LogP contribution in [0.5, 0.6) is 0 Å². The van der Waals surface area contributed by atoms with E-state index in [1.54, 1.807) is 0 Å². The van der Waals surface area contributed by atoms with Gasteiger partial charge in [0.05, 0.1) is 0 Å². The summed E-state index contributed by atoms with van der Waals surface area (Å²) >= 11 is 1.84. The minimum atomic E-state index is 0.123. The maximum atomic E-state index is 3.49. The molecule has 1 unspecified atom stereocenters. The van der Waals surface area contributed by atoms with Crippen molar-refractivity contribution in [3.63, 3.8) is 0 Å². The lowest BCUT2D eigenvalue weighted by atomic mass is 9.88. The highest BCUT2D eigenvalue weighted by Gasteiger charge is 2.30. The zero-order chi connectivity index (χ0) is 14.0. The Labute approximate surface area is 120 Å². The van der Waals surface area contributed by atoms with E-state index in [1.165, 1.54) is 15.6 Å². The first-order valence-electron chi connectivity index (χ1n) is 6.76. The Kier molecular flexibility index (Phi) is 4.29. The summed E-state index contributed by atoms with van der Waals surface area (Å²) in [6.45, 7) is 4.59. The van der Waals surface area contributed by atoms with Crippen LogP contribution in [-0.2, 0) is 6.42 Å². The van der Waals surface area contributed by atoms with Crippen LogP contribution in [0.1, 0.15) is 19.4 Å². The van der Waals surface area contributed by atoms with Crippen LogP contribution in [0.25, 0.3) is 10.1 Å². The van der Waals surface area contributed by atoms with Crippen molar-refractivity contribution in [3.8, 4) is 0 Å². The number of hydrogen-bond acceptors (Lipinski definition) is 3. The first-order chi connectivity index (χ1) is 8.96. The second-order valence-corrected chi connectivity index (χ2v) is 6.76. The lowest BCUT2D eigenvalue weighted by Crippen LogP contribution is -2.55. The topological polar surface area (TPSA) is 15.3 Å². The van der Waals surface area contributed by atoms with E-state index < -0.39 is 0 Å². The molecule has 0 amide bonds. The predicted molar refractivity (Wildman–Crippen MR) is 86.1 cm³/mol. The van der Waals surface area contributed by atoms with Gasteiger partial charge in [-0.15, -0.1) is 11.3 Å². The van der Waals surface area contributed by atoms with Gasteiger partial charge in [-0.05, 0) is 63.8 Å². The molecule has 1 N–H and O–H groups in total. The SMILES string of the molecule is CNC(Cc1csc2ccccc12)C(C)(C)N(C)C. The minimum Gasteiger partial charge on any atom is -0.315 e. The molecular formula is C16H24N2S. The van der Waals surface area contributed by atoms with Gasteiger partial charge in [-0.3, -0.25) is 0 Å². The molecule has 3 heteroatoms. The lowest BCUT2D eigenvalue weighted by molar-refractivity contribution is 0.142. The van der Waals surface area contributed by atoms with E-state index in [-0.39, 0.29) is 5.54 Å². The van der Waals surface area contributed by atoms with Crippen LogP contribution < -0.4 is 5.32 Å². The van der Waals surface area contributed by atoms with Gasteiger partial charge in [-0.2, -0.15) is 0 Å². The Morgan fingerprint density at radius 2 is 1.95 bits per heavy atom. The number of hydrogen-bond donors (Lipinski definition) is 1. The molecule has 0 spiro atoms. The lowest BCUT2D eigenvalue weighted by Gasteiger charge is -2.40. The number of benzene rings is 1. The molecule has 0 aliphatic rings. The minimum absolute atomic E-state index is 0.123. The van der Waals surface area contributed by atoms with E-state index in [9.17, 15) is 0 Å². The van der Waals surface area contributed by atoms with Crippen LogP contribution in [0, 0.1) is 0 Å². The predicted octanol–water partition coefficient (Wildman–Crippen LogP) is 3.37. The van der Waals surface area contributed by atoms with Gasteiger partial charge < -0.3 is 10.2 Å². The van der Waals surface area contributed by atoms with Crippen LogP contribution in [0.3, 0.4) is 0 Å². The van der Waals surface area contributed by atoms with Gasteiger partial charge in [0.15, 0.2) is 0 Å². The summed E-state index contributed by atoms with van der Waals surface area (Å²) in [5.74, 6) is 0. The third-order valence-corrected chi connectivity index (χ3v) is 5.35. The van der Waals surface area contributed by atoms with Crippen LogP contribution in [0.2, 0.25) is 0 Å². The van der Waals surface area contributed by atoms with Crippen molar-refractivity contribution < 1.29 is 0 Å². The van der Waals surface area contributed by atoms with Crippen molar-refractivity contribution in [1.82, 2.24) is 10.2 Å². The van der Waals surface area contributed by atoms with Crippen LogP contribution in [-0.4, -0.2) is 37.6 Å². The van der Waals surface area contributed by atoms with E-state index in [4.69, 9.17) is 0 Å². The van der Waals surface area contributed by atoms with Crippen LogP contribution in [0.15, 0.2) is 29.6 Å². The molecule has 0 aliphatic heterocycles. The fourth-order valence-electron chi connectivity index (χ4n) is 2.43. The van der Waals surface area contributed by atoms with Gasteiger partial charge in [-0.1, -0.05) is 18.2 Å². The summed E-state index contributed by atoms with van der Waals surface area (Å²) in [6.07, 6.45) is 1.06. The fourth-order valence-corrected chi connectivity index (χ4v) is 3.40. The largest absolute Gasteiger partial charge is 0.315 e. The molecule has 2 nitrogen and oxygen atoms in total. The number of rotatable bonds is 5. The molecule has 0 saturated heterocycles. The highest BCUT2D eigenvalue weighted by molar-refractivity contribution is 7.17. The first-order valence-corrected chi connectivity index (χ1v) is 7.64. The van der Waals surface area contributed by atoms with E-state index in [2.05, 4.69) is 74.9 Å².